The lowest BCUT2D eigenvalue weighted by atomic mass is 10.1. The first kappa shape index (κ1) is 15.8. The monoisotopic (exact) mass is 301 g/mol. The summed E-state index contributed by atoms with van der Waals surface area (Å²) in [5.41, 5.74) is 8.67. The molecule has 0 saturated carbocycles. The number of nitrogens with zero attached hydrogens (tertiary/aromatic N) is 1. The van der Waals surface area contributed by atoms with E-state index >= 15 is 0 Å². The van der Waals surface area contributed by atoms with Gasteiger partial charge in [-0.1, -0.05) is 19.1 Å². The summed E-state index contributed by atoms with van der Waals surface area (Å²) in [6.07, 6.45) is 0.954. The molecular formula is C17H20FN3O. The van der Waals surface area contributed by atoms with Gasteiger partial charge in [-0.3, -0.25) is 0 Å². The summed E-state index contributed by atoms with van der Waals surface area (Å²) in [4.78, 5) is 4.22. The molecule has 4 nitrogen and oxygen atoms in total. The van der Waals surface area contributed by atoms with Crippen LogP contribution in [0.15, 0.2) is 47.5 Å². The fourth-order valence-corrected chi connectivity index (χ4v) is 2.06. The normalized spacial score (nSPS) is 11.3. The minimum Gasteiger partial charge on any atom is -0.497 e. The van der Waals surface area contributed by atoms with Gasteiger partial charge in [-0.25, -0.2) is 9.38 Å². The molecule has 2 aromatic carbocycles. The number of guanidine groups is 1. The summed E-state index contributed by atoms with van der Waals surface area (Å²) in [5, 5.41) is 3.03. The molecule has 0 amide bonds. The number of nitrogens with two attached hydrogens (primary N) is 1. The van der Waals surface area contributed by atoms with E-state index in [1.807, 2.05) is 18.2 Å². The number of aryl methyl sites for hydroxylation is 1. The molecule has 0 bridgehead atoms. The first-order valence-electron chi connectivity index (χ1n) is 7.10. The number of rotatable bonds is 5. The minimum absolute atomic E-state index is 0.278. The molecule has 0 unspecified atom stereocenters. The van der Waals surface area contributed by atoms with E-state index in [0.717, 1.165) is 12.1 Å². The highest BCUT2D eigenvalue weighted by molar-refractivity contribution is 5.92. The first-order chi connectivity index (χ1) is 10.6. The van der Waals surface area contributed by atoms with Crippen LogP contribution in [0.3, 0.4) is 0 Å². The zero-order valence-corrected chi connectivity index (χ0v) is 12.8. The van der Waals surface area contributed by atoms with E-state index in [-0.39, 0.29) is 18.3 Å². The lowest BCUT2D eigenvalue weighted by molar-refractivity contribution is 0.410. The number of benzene rings is 2. The van der Waals surface area contributed by atoms with Crippen LogP contribution in [0.2, 0.25) is 0 Å². The predicted octanol–water partition coefficient (Wildman–Crippen LogP) is 3.32. The highest BCUT2D eigenvalue weighted by Crippen LogP contribution is 2.16. The average molecular weight is 301 g/mol. The molecule has 0 radical (unpaired) electrons. The Labute approximate surface area is 129 Å². The maximum atomic E-state index is 13.4. The number of nitrogens with one attached hydrogen (secondary N) is 1. The predicted molar refractivity (Wildman–Crippen MR) is 87.7 cm³/mol. The molecule has 116 valence electrons. The summed E-state index contributed by atoms with van der Waals surface area (Å²) in [6.45, 7) is 2.37. The van der Waals surface area contributed by atoms with Crippen molar-refractivity contribution in [3.8, 4) is 5.75 Å². The van der Waals surface area contributed by atoms with Crippen LogP contribution in [0.4, 0.5) is 10.1 Å². The lowest BCUT2D eigenvalue weighted by Gasteiger charge is -2.08. The Hall–Kier alpha value is -2.56. The third-order valence-electron chi connectivity index (χ3n) is 3.21. The lowest BCUT2D eigenvalue weighted by Crippen LogP contribution is -2.22. The third kappa shape index (κ3) is 4.48. The second kappa shape index (κ2) is 7.45. The van der Waals surface area contributed by atoms with E-state index in [9.17, 15) is 4.39 Å². The standard InChI is InChI=1S/C17H20FN3O/c1-3-12-5-4-6-15(8-12)21-17(19)20-11-13-7-14(18)10-16(9-13)22-2/h4-10H,3,11H2,1-2H3,(H3,19,20,21). The van der Waals surface area contributed by atoms with Gasteiger partial charge in [-0.15, -0.1) is 0 Å². The second-order valence-electron chi connectivity index (χ2n) is 4.88. The second-order valence-corrected chi connectivity index (χ2v) is 4.88. The van der Waals surface area contributed by atoms with E-state index in [1.54, 1.807) is 6.07 Å². The molecule has 22 heavy (non-hydrogen) atoms. The van der Waals surface area contributed by atoms with Crippen molar-refractivity contribution in [2.24, 2.45) is 10.7 Å². The Kier molecular flexibility index (Phi) is 5.36. The summed E-state index contributed by atoms with van der Waals surface area (Å²) < 4.78 is 18.4. The van der Waals surface area contributed by atoms with Gasteiger partial charge in [-0.2, -0.15) is 0 Å². The Morgan fingerprint density at radius 1 is 1.23 bits per heavy atom. The molecule has 0 aliphatic rings. The molecule has 2 aromatic rings. The van der Waals surface area contributed by atoms with Crippen LogP contribution in [-0.4, -0.2) is 13.1 Å². The number of methoxy groups -OCH3 is 1. The van der Waals surface area contributed by atoms with Crippen LogP contribution >= 0.6 is 0 Å². The minimum atomic E-state index is -0.355. The van der Waals surface area contributed by atoms with Crippen LogP contribution in [0.1, 0.15) is 18.1 Å². The van der Waals surface area contributed by atoms with Crippen molar-refractivity contribution in [1.82, 2.24) is 0 Å². The van der Waals surface area contributed by atoms with Gasteiger partial charge in [0.1, 0.15) is 11.6 Å². The largest absolute Gasteiger partial charge is 0.497 e. The highest BCUT2D eigenvalue weighted by atomic mass is 19.1. The smallest absolute Gasteiger partial charge is 0.193 e. The molecule has 0 spiro atoms. The SMILES string of the molecule is CCc1cccc(NC(N)=NCc2cc(F)cc(OC)c2)c1. The Morgan fingerprint density at radius 2 is 2.05 bits per heavy atom. The van der Waals surface area contributed by atoms with E-state index < -0.39 is 0 Å². The van der Waals surface area contributed by atoms with E-state index in [1.165, 1.54) is 24.8 Å². The van der Waals surface area contributed by atoms with Crippen molar-refractivity contribution >= 4 is 11.6 Å². The Balaban J connectivity index is 2.04. The van der Waals surface area contributed by atoms with Crippen LogP contribution in [-0.2, 0) is 13.0 Å². The summed E-state index contributed by atoms with van der Waals surface area (Å²) in [6, 6.07) is 12.4. The van der Waals surface area contributed by atoms with Crippen LogP contribution in [0.25, 0.3) is 0 Å². The van der Waals surface area contributed by atoms with Gasteiger partial charge in [0.25, 0.3) is 0 Å². The van der Waals surface area contributed by atoms with Gasteiger partial charge in [0.2, 0.25) is 0 Å². The molecule has 2 rings (SSSR count). The molecule has 0 aliphatic carbocycles. The number of halogens is 1. The summed E-state index contributed by atoms with van der Waals surface area (Å²) >= 11 is 0. The number of anilines is 1. The van der Waals surface area contributed by atoms with E-state index in [2.05, 4.69) is 23.3 Å². The van der Waals surface area contributed by atoms with Crippen molar-refractivity contribution < 1.29 is 9.13 Å². The topological polar surface area (TPSA) is 59.6 Å². The maximum absolute atomic E-state index is 13.4. The maximum Gasteiger partial charge on any atom is 0.193 e. The van der Waals surface area contributed by atoms with Gasteiger partial charge in [0.05, 0.1) is 13.7 Å². The molecule has 0 aromatic heterocycles. The molecule has 0 heterocycles. The van der Waals surface area contributed by atoms with Crippen molar-refractivity contribution in [2.75, 3.05) is 12.4 Å². The third-order valence-corrected chi connectivity index (χ3v) is 3.21. The Morgan fingerprint density at radius 3 is 2.77 bits per heavy atom. The fourth-order valence-electron chi connectivity index (χ4n) is 2.06. The molecule has 0 fully saturated rings. The molecule has 0 saturated heterocycles. The van der Waals surface area contributed by atoms with Crippen molar-refractivity contribution in [2.45, 2.75) is 19.9 Å². The molecule has 0 atom stereocenters. The van der Waals surface area contributed by atoms with Crippen molar-refractivity contribution in [3.05, 3.63) is 59.4 Å². The number of hydrogen-bond acceptors (Lipinski definition) is 2. The van der Waals surface area contributed by atoms with E-state index in [0.29, 0.717) is 11.3 Å². The van der Waals surface area contributed by atoms with Gasteiger partial charge < -0.3 is 15.8 Å². The van der Waals surface area contributed by atoms with Crippen LogP contribution < -0.4 is 15.8 Å². The molecule has 5 heteroatoms. The highest BCUT2D eigenvalue weighted by Gasteiger charge is 2.01. The number of ether oxygens (including phenoxy) is 1. The number of aliphatic imine (C=N–C) groups is 1. The van der Waals surface area contributed by atoms with Gasteiger partial charge in [0, 0.05) is 11.8 Å². The molecular weight excluding hydrogens is 281 g/mol. The average Bonchev–Trinajstić information content (AvgIpc) is 2.52. The quantitative estimate of drug-likeness (QED) is 0.658. The fraction of sp³-hybridized carbons (Fsp3) is 0.235. The van der Waals surface area contributed by atoms with Crippen LogP contribution in [0, 0.1) is 5.82 Å². The summed E-state index contributed by atoms with van der Waals surface area (Å²) in [7, 11) is 1.50. The van der Waals surface area contributed by atoms with Gasteiger partial charge in [0.15, 0.2) is 5.96 Å². The van der Waals surface area contributed by atoms with Crippen molar-refractivity contribution in [3.63, 3.8) is 0 Å². The van der Waals surface area contributed by atoms with Crippen molar-refractivity contribution in [1.29, 1.82) is 0 Å². The van der Waals surface area contributed by atoms with Crippen LogP contribution in [0.5, 0.6) is 5.75 Å². The molecule has 0 aliphatic heterocycles. The van der Waals surface area contributed by atoms with Gasteiger partial charge >= 0.3 is 0 Å². The van der Waals surface area contributed by atoms with Gasteiger partial charge in [-0.05, 0) is 41.8 Å². The van der Waals surface area contributed by atoms with E-state index in [4.69, 9.17) is 10.5 Å². The Bertz CT molecular complexity index is 671. The number of hydrogen-bond donors (Lipinski definition) is 2. The zero-order valence-electron chi connectivity index (χ0n) is 12.8. The molecule has 3 N–H and O–H groups in total. The zero-order chi connectivity index (χ0) is 15.9. The summed E-state index contributed by atoms with van der Waals surface area (Å²) in [5.74, 6) is 0.399. The first-order valence-corrected chi connectivity index (χ1v) is 7.10.